The number of carbonyl (C=O) groups is 1. The zero-order valence-corrected chi connectivity index (χ0v) is 20.5. The van der Waals surface area contributed by atoms with Crippen LogP contribution >= 0.6 is 11.6 Å². The Morgan fingerprint density at radius 1 is 0.973 bits per heavy atom. The molecule has 0 aliphatic rings. The zero-order chi connectivity index (χ0) is 26.3. The number of benzene rings is 2. The number of pyridine rings is 1. The first kappa shape index (κ1) is 26.4. The lowest BCUT2D eigenvalue weighted by Crippen LogP contribution is -2.26. The first-order valence-electron chi connectivity index (χ1n) is 11.5. The van der Waals surface area contributed by atoms with E-state index in [2.05, 4.69) is 15.3 Å². The van der Waals surface area contributed by atoms with Gasteiger partial charge in [0, 0.05) is 43.0 Å². The topological polar surface area (TPSA) is 71.3 Å². The number of aromatic nitrogens is 2. The van der Waals surface area contributed by atoms with Crippen LogP contribution in [-0.4, -0.2) is 27.3 Å². The van der Waals surface area contributed by atoms with Crippen LogP contribution in [0.1, 0.15) is 38.8 Å². The second-order valence-electron chi connectivity index (χ2n) is 8.43. The van der Waals surface area contributed by atoms with Gasteiger partial charge in [-0.1, -0.05) is 48.0 Å². The van der Waals surface area contributed by atoms with Gasteiger partial charge in [-0.25, -0.2) is 4.98 Å². The highest BCUT2D eigenvalue weighted by Gasteiger charge is 2.30. The summed E-state index contributed by atoms with van der Waals surface area (Å²) in [6.45, 7) is 1.13. The Kier molecular flexibility index (Phi) is 8.58. The monoisotopic (exact) mass is 528 g/mol. The zero-order valence-electron chi connectivity index (χ0n) is 19.7. The molecule has 4 rings (SSSR count). The Bertz CT molecular complexity index is 1330. The van der Waals surface area contributed by atoms with E-state index in [4.69, 9.17) is 16.0 Å². The average molecular weight is 529 g/mol. The summed E-state index contributed by atoms with van der Waals surface area (Å²) < 4.78 is 45.2. The summed E-state index contributed by atoms with van der Waals surface area (Å²) in [7, 11) is 0. The van der Waals surface area contributed by atoms with Gasteiger partial charge < -0.3 is 9.73 Å². The normalized spacial score (nSPS) is 11.6. The van der Waals surface area contributed by atoms with Gasteiger partial charge >= 0.3 is 6.18 Å². The summed E-state index contributed by atoms with van der Waals surface area (Å²) in [6, 6.07) is 18.0. The van der Waals surface area contributed by atoms with Crippen molar-refractivity contribution in [3.8, 4) is 0 Å². The molecule has 192 valence electrons. The molecule has 10 heteroatoms. The molecule has 1 N–H and O–H groups in total. The number of carbonyl (C=O) groups excluding carboxylic acids is 1. The van der Waals surface area contributed by atoms with Gasteiger partial charge in [0.15, 0.2) is 5.69 Å². The lowest BCUT2D eigenvalue weighted by atomic mass is 10.1. The molecule has 0 saturated carbocycles. The van der Waals surface area contributed by atoms with Crippen molar-refractivity contribution in [3.05, 3.63) is 118 Å². The highest BCUT2D eigenvalue weighted by atomic mass is 35.5. The SMILES string of the molecule is O=C(NCCc1ccccn1)c1coc(CN(Cc2cccc(Cl)c2)Cc2cccc(C(F)(F)F)c2)n1. The van der Waals surface area contributed by atoms with E-state index in [-0.39, 0.29) is 30.6 Å². The van der Waals surface area contributed by atoms with E-state index < -0.39 is 11.7 Å². The third kappa shape index (κ3) is 7.90. The van der Waals surface area contributed by atoms with Gasteiger partial charge in [-0.2, -0.15) is 13.2 Å². The molecule has 0 aliphatic carbocycles. The number of alkyl halides is 3. The molecule has 0 saturated heterocycles. The first-order chi connectivity index (χ1) is 17.8. The van der Waals surface area contributed by atoms with E-state index in [1.165, 1.54) is 12.3 Å². The predicted molar refractivity (Wildman–Crippen MR) is 133 cm³/mol. The quantitative estimate of drug-likeness (QED) is 0.277. The fourth-order valence-corrected chi connectivity index (χ4v) is 4.00. The summed E-state index contributed by atoms with van der Waals surface area (Å²) in [5, 5.41) is 3.34. The molecule has 0 spiro atoms. The number of rotatable bonds is 10. The summed E-state index contributed by atoms with van der Waals surface area (Å²) >= 11 is 6.12. The van der Waals surface area contributed by atoms with Crippen molar-refractivity contribution in [2.75, 3.05) is 6.54 Å². The van der Waals surface area contributed by atoms with Gasteiger partial charge in [0.25, 0.3) is 5.91 Å². The molecule has 0 atom stereocenters. The van der Waals surface area contributed by atoms with Gasteiger partial charge in [-0.05, 0) is 41.5 Å². The molecule has 0 aliphatic heterocycles. The van der Waals surface area contributed by atoms with E-state index in [9.17, 15) is 18.0 Å². The molecule has 37 heavy (non-hydrogen) atoms. The maximum atomic E-state index is 13.2. The van der Waals surface area contributed by atoms with Crippen LogP contribution in [0.15, 0.2) is 83.6 Å². The third-order valence-electron chi connectivity index (χ3n) is 5.49. The number of nitrogens with zero attached hydrogens (tertiary/aromatic N) is 3. The maximum absolute atomic E-state index is 13.2. The second kappa shape index (κ2) is 12.0. The predicted octanol–water partition coefficient (Wildman–Crippen LogP) is 5.92. The summed E-state index contributed by atoms with van der Waals surface area (Å²) in [6.07, 6.45) is -0.903. The number of amides is 1. The smallest absolute Gasteiger partial charge is 0.416 e. The fourth-order valence-electron chi connectivity index (χ4n) is 3.79. The van der Waals surface area contributed by atoms with Gasteiger partial charge in [-0.3, -0.25) is 14.7 Å². The van der Waals surface area contributed by atoms with Crippen molar-refractivity contribution in [1.29, 1.82) is 0 Å². The molecular weight excluding hydrogens is 505 g/mol. The first-order valence-corrected chi connectivity index (χ1v) is 11.9. The van der Waals surface area contributed by atoms with Gasteiger partial charge in [0.2, 0.25) is 5.89 Å². The lowest BCUT2D eigenvalue weighted by Gasteiger charge is -2.22. The highest BCUT2D eigenvalue weighted by molar-refractivity contribution is 6.30. The number of oxazole rings is 1. The molecule has 6 nitrogen and oxygen atoms in total. The minimum Gasteiger partial charge on any atom is -0.447 e. The third-order valence-corrected chi connectivity index (χ3v) is 5.73. The minimum absolute atomic E-state index is 0.123. The van der Waals surface area contributed by atoms with E-state index in [0.717, 1.165) is 23.4 Å². The second-order valence-corrected chi connectivity index (χ2v) is 8.86. The number of hydrogen-bond donors (Lipinski definition) is 1. The Morgan fingerprint density at radius 3 is 2.43 bits per heavy atom. The molecule has 0 radical (unpaired) electrons. The van der Waals surface area contributed by atoms with E-state index in [0.29, 0.717) is 30.1 Å². The minimum atomic E-state index is -4.44. The molecule has 0 bridgehead atoms. The number of nitrogens with one attached hydrogen (secondary N) is 1. The van der Waals surface area contributed by atoms with Gasteiger partial charge in [-0.15, -0.1) is 0 Å². The Balaban J connectivity index is 1.44. The van der Waals surface area contributed by atoms with Crippen LogP contribution < -0.4 is 5.32 Å². The molecule has 4 aromatic rings. The lowest BCUT2D eigenvalue weighted by molar-refractivity contribution is -0.137. The van der Waals surface area contributed by atoms with Crippen molar-refractivity contribution in [3.63, 3.8) is 0 Å². The molecule has 0 fully saturated rings. The summed E-state index contributed by atoms with van der Waals surface area (Å²) in [4.78, 5) is 22.9. The van der Waals surface area contributed by atoms with Crippen molar-refractivity contribution in [2.24, 2.45) is 0 Å². The van der Waals surface area contributed by atoms with Crippen LogP contribution in [-0.2, 0) is 32.2 Å². The van der Waals surface area contributed by atoms with Gasteiger partial charge in [0.05, 0.1) is 12.1 Å². The maximum Gasteiger partial charge on any atom is 0.416 e. The van der Waals surface area contributed by atoms with Gasteiger partial charge in [0.1, 0.15) is 6.26 Å². The standard InChI is InChI=1S/C27H24ClF3N4O2/c28-22-8-4-6-20(14-22)16-35(15-19-5-3-7-21(13-19)27(29,30)31)17-25-34-24(18-37-25)26(36)33-12-10-23-9-1-2-11-32-23/h1-9,11,13-14,18H,10,12,15-17H2,(H,33,36). The highest BCUT2D eigenvalue weighted by Crippen LogP contribution is 2.30. The van der Waals surface area contributed by atoms with Crippen LogP contribution in [0.4, 0.5) is 13.2 Å². The average Bonchev–Trinajstić information content (AvgIpc) is 3.33. The number of halogens is 4. The Morgan fingerprint density at radius 2 is 1.73 bits per heavy atom. The molecule has 2 heterocycles. The molecular formula is C27H24ClF3N4O2. The molecule has 0 unspecified atom stereocenters. The van der Waals surface area contributed by atoms with E-state index in [1.54, 1.807) is 30.5 Å². The van der Waals surface area contributed by atoms with Crippen molar-refractivity contribution < 1.29 is 22.4 Å². The Labute approximate surface area is 217 Å². The molecule has 2 aromatic heterocycles. The van der Waals surface area contributed by atoms with Crippen LogP contribution in [0.2, 0.25) is 5.02 Å². The van der Waals surface area contributed by atoms with Crippen molar-refractivity contribution in [1.82, 2.24) is 20.2 Å². The van der Waals surface area contributed by atoms with E-state index in [1.807, 2.05) is 29.2 Å². The largest absolute Gasteiger partial charge is 0.447 e. The van der Waals surface area contributed by atoms with Crippen LogP contribution in [0, 0.1) is 0 Å². The number of hydrogen-bond acceptors (Lipinski definition) is 5. The van der Waals surface area contributed by atoms with Crippen LogP contribution in [0.3, 0.4) is 0 Å². The van der Waals surface area contributed by atoms with Crippen molar-refractivity contribution >= 4 is 17.5 Å². The fraction of sp³-hybridized carbons (Fsp3) is 0.222. The Hall–Kier alpha value is -3.69. The van der Waals surface area contributed by atoms with Crippen LogP contribution in [0.5, 0.6) is 0 Å². The van der Waals surface area contributed by atoms with E-state index >= 15 is 0 Å². The molecule has 1 amide bonds. The van der Waals surface area contributed by atoms with Crippen molar-refractivity contribution in [2.45, 2.75) is 32.2 Å². The summed E-state index contributed by atoms with van der Waals surface area (Å²) in [5.41, 5.74) is 1.62. The summed E-state index contributed by atoms with van der Waals surface area (Å²) in [5.74, 6) is -0.117. The molecule has 2 aromatic carbocycles. The van der Waals surface area contributed by atoms with Crippen LogP contribution in [0.25, 0.3) is 0 Å².